The molecule has 2 N–H and O–H groups in total. The van der Waals surface area contributed by atoms with Crippen LogP contribution in [0.4, 0.5) is 0 Å². The maximum atomic E-state index is 12.2. The normalized spacial score (nSPS) is 24.7. The SMILES string of the molecule is CC(c1ccc(Cl)c(Cl)c1)N1CCCC(CNC(=O)C2CCCN2)C1.Cl. The largest absolute Gasteiger partial charge is 0.354 e. The Kier molecular flexibility index (Phi) is 8.49. The Labute approximate surface area is 172 Å². The molecule has 0 aliphatic carbocycles. The first-order chi connectivity index (χ1) is 12.0. The topological polar surface area (TPSA) is 44.4 Å². The molecule has 1 amide bonds. The zero-order valence-electron chi connectivity index (χ0n) is 15.1. The van der Waals surface area contributed by atoms with Gasteiger partial charge in [0.2, 0.25) is 5.91 Å². The van der Waals surface area contributed by atoms with Crippen molar-refractivity contribution in [3.8, 4) is 0 Å². The molecule has 4 nitrogen and oxygen atoms in total. The number of halogens is 3. The molecule has 2 aliphatic rings. The molecule has 0 radical (unpaired) electrons. The van der Waals surface area contributed by atoms with Gasteiger partial charge in [-0.2, -0.15) is 0 Å². The maximum Gasteiger partial charge on any atom is 0.237 e. The van der Waals surface area contributed by atoms with E-state index in [0.717, 1.165) is 45.4 Å². The van der Waals surface area contributed by atoms with E-state index < -0.39 is 0 Å². The fourth-order valence-electron chi connectivity index (χ4n) is 3.88. The van der Waals surface area contributed by atoms with Crippen molar-refractivity contribution in [2.24, 2.45) is 5.92 Å². The summed E-state index contributed by atoms with van der Waals surface area (Å²) in [7, 11) is 0. The lowest BCUT2D eigenvalue weighted by Crippen LogP contribution is -2.45. The molecule has 2 fully saturated rings. The van der Waals surface area contributed by atoms with E-state index in [2.05, 4.69) is 28.5 Å². The zero-order valence-corrected chi connectivity index (χ0v) is 17.5. The molecule has 3 rings (SSSR count). The van der Waals surface area contributed by atoms with Crippen molar-refractivity contribution in [1.29, 1.82) is 0 Å². The van der Waals surface area contributed by atoms with Crippen LogP contribution in [-0.2, 0) is 4.79 Å². The third-order valence-electron chi connectivity index (χ3n) is 5.47. The number of nitrogens with zero attached hydrogens (tertiary/aromatic N) is 1. The standard InChI is InChI=1S/C19H27Cl2N3O.ClH/c1-13(15-6-7-16(20)17(21)10-15)24-9-3-4-14(12-24)11-23-19(25)18-5-2-8-22-18;/h6-7,10,13-14,18,22H,2-5,8-9,11-12H2,1H3,(H,23,25);1H. The third kappa shape index (κ3) is 5.49. The number of rotatable bonds is 5. The number of amides is 1. The Morgan fingerprint density at radius 3 is 2.81 bits per heavy atom. The summed E-state index contributed by atoms with van der Waals surface area (Å²) in [5, 5.41) is 7.60. The molecule has 3 atom stereocenters. The molecule has 2 saturated heterocycles. The highest BCUT2D eigenvalue weighted by Gasteiger charge is 2.27. The van der Waals surface area contributed by atoms with Gasteiger partial charge in [-0.3, -0.25) is 9.69 Å². The van der Waals surface area contributed by atoms with Gasteiger partial charge in [-0.1, -0.05) is 29.3 Å². The minimum atomic E-state index is 0. The summed E-state index contributed by atoms with van der Waals surface area (Å²) in [5.41, 5.74) is 1.19. The Bertz CT molecular complexity index is 608. The second-order valence-corrected chi connectivity index (χ2v) is 8.06. The highest BCUT2D eigenvalue weighted by atomic mass is 35.5. The number of hydrogen-bond acceptors (Lipinski definition) is 3. The summed E-state index contributed by atoms with van der Waals surface area (Å²) in [6, 6.07) is 6.19. The number of hydrogen-bond donors (Lipinski definition) is 2. The van der Waals surface area contributed by atoms with Crippen LogP contribution in [0.5, 0.6) is 0 Å². The van der Waals surface area contributed by atoms with Crippen molar-refractivity contribution in [2.45, 2.75) is 44.7 Å². The van der Waals surface area contributed by atoms with Gasteiger partial charge in [0.1, 0.15) is 0 Å². The van der Waals surface area contributed by atoms with Gasteiger partial charge in [0.15, 0.2) is 0 Å². The molecular formula is C19H28Cl3N3O. The zero-order chi connectivity index (χ0) is 17.8. The number of piperidine rings is 1. The predicted octanol–water partition coefficient (Wildman–Crippen LogP) is 4.06. The van der Waals surface area contributed by atoms with Crippen molar-refractivity contribution in [3.63, 3.8) is 0 Å². The molecule has 2 aliphatic heterocycles. The molecule has 1 aromatic rings. The molecule has 26 heavy (non-hydrogen) atoms. The van der Waals surface area contributed by atoms with E-state index in [0.29, 0.717) is 22.0 Å². The molecular weight excluding hydrogens is 393 g/mol. The summed E-state index contributed by atoms with van der Waals surface area (Å²) in [6.45, 7) is 6.01. The minimum absolute atomic E-state index is 0. The van der Waals surface area contributed by atoms with Gasteiger partial charge in [-0.25, -0.2) is 0 Å². The summed E-state index contributed by atoms with van der Waals surface area (Å²) in [6.07, 6.45) is 4.38. The van der Waals surface area contributed by atoms with Gasteiger partial charge in [0.25, 0.3) is 0 Å². The minimum Gasteiger partial charge on any atom is -0.354 e. The quantitative estimate of drug-likeness (QED) is 0.755. The van der Waals surface area contributed by atoms with Crippen molar-refractivity contribution in [1.82, 2.24) is 15.5 Å². The van der Waals surface area contributed by atoms with Crippen LogP contribution < -0.4 is 10.6 Å². The first-order valence-electron chi connectivity index (χ1n) is 9.24. The number of likely N-dealkylation sites (tertiary alicyclic amines) is 1. The molecule has 0 spiro atoms. The van der Waals surface area contributed by atoms with E-state index in [-0.39, 0.29) is 24.4 Å². The van der Waals surface area contributed by atoms with Crippen molar-refractivity contribution in [3.05, 3.63) is 33.8 Å². The van der Waals surface area contributed by atoms with E-state index in [1.54, 1.807) is 0 Å². The van der Waals surface area contributed by atoms with E-state index in [1.807, 2.05) is 12.1 Å². The van der Waals surface area contributed by atoms with Crippen molar-refractivity contribution in [2.75, 3.05) is 26.2 Å². The second-order valence-electron chi connectivity index (χ2n) is 7.25. The van der Waals surface area contributed by atoms with Gasteiger partial charge >= 0.3 is 0 Å². The van der Waals surface area contributed by atoms with Gasteiger partial charge in [-0.15, -0.1) is 12.4 Å². The lowest BCUT2D eigenvalue weighted by atomic mass is 9.95. The smallest absolute Gasteiger partial charge is 0.237 e. The molecule has 0 saturated carbocycles. The van der Waals surface area contributed by atoms with E-state index in [4.69, 9.17) is 23.2 Å². The van der Waals surface area contributed by atoms with Crippen LogP contribution in [0, 0.1) is 5.92 Å². The predicted molar refractivity (Wildman–Crippen MR) is 110 cm³/mol. The first kappa shape index (κ1) is 21.8. The number of nitrogens with one attached hydrogen (secondary N) is 2. The fraction of sp³-hybridized carbons (Fsp3) is 0.632. The summed E-state index contributed by atoms with van der Waals surface area (Å²) < 4.78 is 0. The third-order valence-corrected chi connectivity index (χ3v) is 6.20. The first-order valence-corrected chi connectivity index (χ1v) is 10.0. The fourth-order valence-corrected chi connectivity index (χ4v) is 4.18. The van der Waals surface area contributed by atoms with Crippen LogP contribution in [-0.4, -0.2) is 43.0 Å². The molecule has 7 heteroatoms. The molecule has 146 valence electrons. The van der Waals surface area contributed by atoms with Crippen LogP contribution in [0.25, 0.3) is 0 Å². The van der Waals surface area contributed by atoms with E-state index >= 15 is 0 Å². The Hall–Kier alpha value is -0.520. The summed E-state index contributed by atoms with van der Waals surface area (Å²) >= 11 is 12.2. The Morgan fingerprint density at radius 1 is 1.31 bits per heavy atom. The molecule has 2 heterocycles. The van der Waals surface area contributed by atoms with Crippen LogP contribution >= 0.6 is 35.6 Å². The second kappa shape index (κ2) is 10.1. The Balaban J connectivity index is 0.00000243. The van der Waals surface area contributed by atoms with Crippen molar-refractivity contribution >= 4 is 41.5 Å². The molecule has 0 bridgehead atoms. The lowest BCUT2D eigenvalue weighted by molar-refractivity contribution is -0.123. The monoisotopic (exact) mass is 419 g/mol. The van der Waals surface area contributed by atoms with Crippen molar-refractivity contribution < 1.29 is 4.79 Å². The van der Waals surface area contributed by atoms with E-state index in [9.17, 15) is 4.79 Å². The summed E-state index contributed by atoms with van der Waals surface area (Å²) in [5.74, 6) is 0.663. The average Bonchev–Trinajstić information content (AvgIpc) is 3.16. The molecule has 0 aromatic heterocycles. The maximum absolute atomic E-state index is 12.2. The highest BCUT2D eigenvalue weighted by Crippen LogP contribution is 2.30. The number of benzene rings is 1. The van der Waals surface area contributed by atoms with Crippen LogP contribution in [0.3, 0.4) is 0 Å². The number of carbonyl (C=O) groups is 1. The molecule has 3 unspecified atom stereocenters. The van der Waals surface area contributed by atoms with Crippen LogP contribution in [0.1, 0.15) is 44.2 Å². The Morgan fingerprint density at radius 2 is 2.12 bits per heavy atom. The van der Waals surface area contributed by atoms with Gasteiger partial charge in [0, 0.05) is 19.1 Å². The lowest BCUT2D eigenvalue weighted by Gasteiger charge is -2.37. The molecule has 1 aromatic carbocycles. The average molecular weight is 421 g/mol. The van der Waals surface area contributed by atoms with E-state index in [1.165, 1.54) is 12.0 Å². The van der Waals surface area contributed by atoms with Gasteiger partial charge < -0.3 is 10.6 Å². The van der Waals surface area contributed by atoms with Crippen LogP contribution in [0.15, 0.2) is 18.2 Å². The van der Waals surface area contributed by atoms with Crippen LogP contribution in [0.2, 0.25) is 10.0 Å². The number of carbonyl (C=O) groups excluding carboxylic acids is 1. The van der Waals surface area contributed by atoms with Gasteiger partial charge in [0.05, 0.1) is 16.1 Å². The van der Waals surface area contributed by atoms with Gasteiger partial charge in [-0.05, 0) is 69.3 Å². The summed E-state index contributed by atoms with van der Waals surface area (Å²) in [4.78, 5) is 14.7. The highest BCUT2D eigenvalue weighted by molar-refractivity contribution is 6.42.